The molecule has 0 radical (unpaired) electrons. The summed E-state index contributed by atoms with van der Waals surface area (Å²) in [6.45, 7) is 3.65. The molecule has 2 N–H and O–H groups in total. The first-order valence-corrected chi connectivity index (χ1v) is 8.07. The summed E-state index contributed by atoms with van der Waals surface area (Å²) in [5, 5.41) is 0.775. The number of benzene rings is 1. The summed E-state index contributed by atoms with van der Waals surface area (Å²) in [5.74, 6) is 1.48. The number of anilines is 1. The van der Waals surface area contributed by atoms with Gasteiger partial charge < -0.3 is 10.6 Å². The molecule has 1 unspecified atom stereocenters. The van der Waals surface area contributed by atoms with Crippen LogP contribution in [0.25, 0.3) is 0 Å². The Labute approximate surface area is 116 Å². The fourth-order valence-corrected chi connectivity index (χ4v) is 3.55. The van der Waals surface area contributed by atoms with Gasteiger partial charge in [-0.3, -0.25) is 4.21 Å². The topological polar surface area (TPSA) is 46.3 Å². The lowest BCUT2D eigenvalue weighted by Gasteiger charge is -2.31. The van der Waals surface area contributed by atoms with Gasteiger partial charge in [-0.25, -0.2) is 0 Å². The van der Waals surface area contributed by atoms with Gasteiger partial charge in [0.1, 0.15) is 0 Å². The molecular formula is C13H19ClN2OS. The zero-order valence-electron chi connectivity index (χ0n) is 10.6. The van der Waals surface area contributed by atoms with Crippen molar-refractivity contribution < 1.29 is 4.21 Å². The highest BCUT2D eigenvalue weighted by Crippen LogP contribution is 2.29. The summed E-state index contributed by atoms with van der Waals surface area (Å²) >= 11 is 6.28. The van der Waals surface area contributed by atoms with Gasteiger partial charge in [-0.05, 0) is 31.0 Å². The van der Waals surface area contributed by atoms with E-state index >= 15 is 0 Å². The molecule has 0 aliphatic carbocycles. The molecule has 0 aromatic heterocycles. The maximum absolute atomic E-state index is 11.4. The van der Waals surface area contributed by atoms with E-state index in [0.717, 1.165) is 47.3 Å². The van der Waals surface area contributed by atoms with E-state index in [2.05, 4.69) is 11.0 Å². The summed E-state index contributed by atoms with van der Waals surface area (Å²) < 4.78 is 11.4. The van der Waals surface area contributed by atoms with Gasteiger partial charge in [0.05, 0.1) is 0 Å². The van der Waals surface area contributed by atoms with Crippen LogP contribution in [0.4, 0.5) is 5.69 Å². The molecule has 0 bridgehead atoms. The average Bonchev–Trinajstić information content (AvgIpc) is 2.32. The smallest absolute Gasteiger partial charge is 0.0459 e. The fourth-order valence-electron chi connectivity index (χ4n) is 2.25. The van der Waals surface area contributed by atoms with Crippen LogP contribution < -0.4 is 10.6 Å². The molecule has 1 aliphatic heterocycles. The highest BCUT2D eigenvalue weighted by Gasteiger charge is 2.19. The minimum Gasteiger partial charge on any atom is -0.369 e. The van der Waals surface area contributed by atoms with E-state index in [1.807, 2.05) is 19.1 Å². The van der Waals surface area contributed by atoms with E-state index < -0.39 is 10.8 Å². The quantitative estimate of drug-likeness (QED) is 0.922. The van der Waals surface area contributed by atoms with Gasteiger partial charge in [0.15, 0.2) is 0 Å². The van der Waals surface area contributed by atoms with Crippen LogP contribution in [0.1, 0.15) is 12.5 Å². The van der Waals surface area contributed by atoms with Crippen LogP contribution in [-0.4, -0.2) is 34.8 Å². The van der Waals surface area contributed by atoms with Gasteiger partial charge in [-0.1, -0.05) is 17.7 Å². The monoisotopic (exact) mass is 286 g/mol. The van der Waals surface area contributed by atoms with Crippen molar-refractivity contribution in [1.29, 1.82) is 0 Å². The van der Waals surface area contributed by atoms with E-state index in [0.29, 0.717) is 0 Å². The van der Waals surface area contributed by atoms with Crippen LogP contribution in [0.2, 0.25) is 5.02 Å². The molecule has 1 aromatic carbocycles. The number of nitrogens with two attached hydrogens (primary N) is 1. The normalized spacial score (nSPS) is 18.9. The van der Waals surface area contributed by atoms with Crippen molar-refractivity contribution >= 4 is 28.1 Å². The maximum Gasteiger partial charge on any atom is 0.0459 e. The second-order valence-electron chi connectivity index (χ2n) is 4.75. The minimum absolute atomic E-state index is 0.0857. The first kappa shape index (κ1) is 13.8. The lowest BCUT2D eigenvalue weighted by molar-refractivity contribution is 0.672. The second-order valence-corrected chi connectivity index (χ2v) is 6.86. The van der Waals surface area contributed by atoms with E-state index in [4.69, 9.17) is 17.3 Å². The lowest BCUT2D eigenvalue weighted by atomic mass is 10.0. The van der Waals surface area contributed by atoms with E-state index in [1.165, 1.54) is 0 Å². The molecule has 0 saturated carbocycles. The van der Waals surface area contributed by atoms with Crippen LogP contribution in [0.3, 0.4) is 0 Å². The summed E-state index contributed by atoms with van der Waals surface area (Å²) in [6.07, 6.45) is 0.772. The molecule has 2 rings (SSSR count). The van der Waals surface area contributed by atoms with Gasteiger partial charge >= 0.3 is 0 Å². The molecule has 100 valence electrons. The molecule has 1 aromatic rings. The molecule has 3 nitrogen and oxygen atoms in total. The maximum atomic E-state index is 11.4. The zero-order valence-corrected chi connectivity index (χ0v) is 12.1. The highest BCUT2D eigenvalue weighted by atomic mass is 35.5. The molecular weight excluding hydrogens is 268 g/mol. The first-order chi connectivity index (χ1) is 8.58. The fraction of sp³-hybridized carbons (Fsp3) is 0.538. The molecule has 5 heteroatoms. The van der Waals surface area contributed by atoms with Crippen LogP contribution in [0, 0.1) is 0 Å². The third-order valence-corrected chi connectivity index (χ3v) is 4.77. The third-order valence-electron chi connectivity index (χ3n) is 3.14. The Morgan fingerprint density at radius 2 is 2.11 bits per heavy atom. The zero-order chi connectivity index (χ0) is 13.1. The van der Waals surface area contributed by atoms with E-state index in [1.54, 1.807) is 0 Å². The number of nitrogens with zero attached hydrogens (tertiary/aromatic N) is 1. The van der Waals surface area contributed by atoms with Crippen LogP contribution >= 0.6 is 11.6 Å². The molecule has 18 heavy (non-hydrogen) atoms. The number of hydrogen-bond acceptors (Lipinski definition) is 3. The Kier molecular flexibility index (Phi) is 4.65. The van der Waals surface area contributed by atoms with E-state index in [9.17, 15) is 4.21 Å². The Balaban J connectivity index is 2.26. The molecule has 0 amide bonds. The molecule has 0 spiro atoms. The molecule has 1 atom stereocenters. The molecule has 1 heterocycles. The second kappa shape index (κ2) is 6.04. The van der Waals surface area contributed by atoms with Crippen molar-refractivity contribution in [2.45, 2.75) is 19.4 Å². The number of halogens is 1. The van der Waals surface area contributed by atoms with Crippen molar-refractivity contribution in [3.8, 4) is 0 Å². The van der Waals surface area contributed by atoms with Crippen molar-refractivity contribution in [1.82, 2.24) is 0 Å². The summed E-state index contributed by atoms with van der Waals surface area (Å²) in [6, 6.07) is 6.04. The van der Waals surface area contributed by atoms with Crippen LogP contribution in [0.15, 0.2) is 18.2 Å². The van der Waals surface area contributed by atoms with Crippen LogP contribution in [0.5, 0.6) is 0 Å². The van der Waals surface area contributed by atoms with Crippen LogP contribution in [-0.2, 0) is 17.2 Å². The standard InChI is InChI=1S/C13H19ClN2OS/c1-10(15)9-11-12(14)3-2-4-13(11)16-5-7-18(17)8-6-16/h2-4,10H,5-9,15H2,1H3. The third kappa shape index (κ3) is 3.25. The molecule has 1 saturated heterocycles. The Morgan fingerprint density at radius 3 is 2.72 bits per heavy atom. The van der Waals surface area contributed by atoms with Gasteiger partial charge in [0.2, 0.25) is 0 Å². The van der Waals surface area contributed by atoms with Gasteiger partial charge in [-0.2, -0.15) is 0 Å². The highest BCUT2D eigenvalue weighted by molar-refractivity contribution is 7.85. The van der Waals surface area contributed by atoms with Gasteiger partial charge in [0.25, 0.3) is 0 Å². The average molecular weight is 287 g/mol. The summed E-state index contributed by atoms with van der Waals surface area (Å²) in [4.78, 5) is 2.27. The van der Waals surface area contributed by atoms with Crippen molar-refractivity contribution in [3.05, 3.63) is 28.8 Å². The Hall–Kier alpha value is -0.580. The Bertz CT molecular complexity index is 441. The van der Waals surface area contributed by atoms with Crippen molar-refractivity contribution in [2.75, 3.05) is 29.5 Å². The lowest BCUT2D eigenvalue weighted by Crippen LogP contribution is -2.38. The predicted octanol–water partition coefficient (Wildman–Crippen LogP) is 1.80. The van der Waals surface area contributed by atoms with Gasteiger partial charge in [0, 0.05) is 52.1 Å². The number of hydrogen-bond donors (Lipinski definition) is 1. The Morgan fingerprint density at radius 1 is 1.44 bits per heavy atom. The minimum atomic E-state index is -0.657. The molecule has 1 fully saturated rings. The summed E-state index contributed by atoms with van der Waals surface area (Å²) in [7, 11) is -0.657. The van der Waals surface area contributed by atoms with Crippen molar-refractivity contribution in [2.24, 2.45) is 5.73 Å². The first-order valence-electron chi connectivity index (χ1n) is 6.21. The van der Waals surface area contributed by atoms with E-state index in [-0.39, 0.29) is 6.04 Å². The summed E-state index contributed by atoms with van der Waals surface area (Å²) in [5.41, 5.74) is 8.15. The predicted molar refractivity (Wildman–Crippen MR) is 78.9 cm³/mol. The molecule has 1 aliphatic rings. The van der Waals surface area contributed by atoms with Gasteiger partial charge in [-0.15, -0.1) is 0 Å². The number of rotatable bonds is 3. The SMILES string of the molecule is CC(N)Cc1c(Cl)cccc1N1CCS(=O)CC1. The largest absolute Gasteiger partial charge is 0.369 e. The van der Waals surface area contributed by atoms with Crippen molar-refractivity contribution in [3.63, 3.8) is 0 Å².